The van der Waals surface area contributed by atoms with E-state index in [1.807, 2.05) is 43.3 Å². The molecule has 3 rings (SSSR count). The molecular weight excluding hydrogens is 384 g/mol. The van der Waals surface area contributed by atoms with Crippen LogP contribution in [0.25, 0.3) is 0 Å². The molecule has 2 amide bonds. The smallest absolute Gasteiger partial charge is 0.251 e. The Kier molecular flexibility index (Phi) is 5.38. The maximum Gasteiger partial charge on any atom is 0.251 e. The van der Waals surface area contributed by atoms with Gasteiger partial charge in [-0.25, -0.2) is 0 Å². The number of carbonyl (C=O) groups excluding carboxylic acids is 2. The fraction of sp³-hybridized carbons (Fsp3) is 0.263. The average Bonchev–Trinajstić information content (AvgIpc) is 2.96. The van der Waals surface area contributed by atoms with Gasteiger partial charge < -0.3 is 15.0 Å². The van der Waals surface area contributed by atoms with E-state index in [2.05, 4.69) is 21.2 Å². The Morgan fingerprint density at radius 1 is 1.20 bits per heavy atom. The van der Waals surface area contributed by atoms with Gasteiger partial charge in [-0.1, -0.05) is 15.9 Å². The number of anilines is 1. The minimum absolute atomic E-state index is 0.00488. The van der Waals surface area contributed by atoms with Gasteiger partial charge in [0.1, 0.15) is 5.75 Å². The molecule has 2 aromatic carbocycles. The van der Waals surface area contributed by atoms with Crippen LogP contribution in [0.3, 0.4) is 0 Å². The second-order valence-electron chi connectivity index (χ2n) is 5.81. The lowest BCUT2D eigenvalue weighted by Crippen LogP contribution is -2.37. The van der Waals surface area contributed by atoms with Gasteiger partial charge in [0.05, 0.1) is 12.6 Å². The Morgan fingerprint density at radius 2 is 1.88 bits per heavy atom. The van der Waals surface area contributed by atoms with Gasteiger partial charge in [-0.2, -0.15) is 0 Å². The summed E-state index contributed by atoms with van der Waals surface area (Å²) in [5.41, 5.74) is 1.39. The molecule has 5 nitrogen and oxygen atoms in total. The third-order valence-electron chi connectivity index (χ3n) is 4.03. The summed E-state index contributed by atoms with van der Waals surface area (Å²) < 4.78 is 6.34. The number of ether oxygens (including phenoxy) is 1. The molecule has 0 aliphatic carbocycles. The van der Waals surface area contributed by atoms with Crippen molar-refractivity contribution in [3.8, 4) is 5.75 Å². The molecule has 1 saturated heterocycles. The topological polar surface area (TPSA) is 58.6 Å². The van der Waals surface area contributed by atoms with Gasteiger partial charge in [-0.15, -0.1) is 0 Å². The number of carbonyl (C=O) groups is 2. The van der Waals surface area contributed by atoms with Crippen LogP contribution in [0, 0.1) is 0 Å². The maximum atomic E-state index is 12.3. The van der Waals surface area contributed by atoms with E-state index in [1.54, 1.807) is 17.0 Å². The lowest BCUT2D eigenvalue weighted by molar-refractivity contribution is -0.117. The summed E-state index contributed by atoms with van der Waals surface area (Å²) in [4.78, 5) is 26.3. The molecule has 1 aliphatic rings. The van der Waals surface area contributed by atoms with E-state index in [4.69, 9.17) is 4.74 Å². The predicted octanol–water partition coefficient (Wildman–Crippen LogP) is 3.38. The lowest BCUT2D eigenvalue weighted by Gasteiger charge is -2.17. The fourth-order valence-corrected chi connectivity index (χ4v) is 3.08. The van der Waals surface area contributed by atoms with E-state index in [1.165, 1.54) is 0 Å². The fourth-order valence-electron chi connectivity index (χ4n) is 2.81. The molecule has 0 radical (unpaired) electrons. The van der Waals surface area contributed by atoms with Crippen LogP contribution in [0.1, 0.15) is 23.7 Å². The number of nitrogens with one attached hydrogen (secondary N) is 1. The third-order valence-corrected chi connectivity index (χ3v) is 4.55. The van der Waals surface area contributed by atoms with Crippen molar-refractivity contribution in [1.29, 1.82) is 0 Å². The molecule has 6 heteroatoms. The third kappa shape index (κ3) is 4.20. The first-order chi connectivity index (χ1) is 12.1. The van der Waals surface area contributed by atoms with E-state index < -0.39 is 0 Å². The Balaban J connectivity index is 1.63. The van der Waals surface area contributed by atoms with Crippen molar-refractivity contribution in [3.05, 3.63) is 58.6 Å². The number of nitrogens with zero attached hydrogens (tertiary/aromatic N) is 1. The van der Waals surface area contributed by atoms with Gasteiger partial charge in [0.25, 0.3) is 5.91 Å². The van der Waals surface area contributed by atoms with Crippen molar-refractivity contribution < 1.29 is 14.3 Å². The zero-order valence-corrected chi connectivity index (χ0v) is 15.5. The van der Waals surface area contributed by atoms with Crippen molar-refractivity contribution >= 4 is 33.4 Å². The molecular formula is C19H19BrN2O3. The highest BCUT2D eigenvalue weighted by Crippen LogP contribution is 2.24. The number of amides is 2. The van der Waals surface area contributed by atoms with E-state index in [0.29, 0.717) is 25.1 Å². The summed E-state index contributed by atoms with van der Waals surface area (Å²) in [6.45, 7) is 3.00. The number of hydrogen-bond donors (Lipinski definition) is 1. The summed E-state index contributed by atoms with van der Waals surface area (Å²) in [6.07, 6.45) is 0.301. The number of halogens is 1. The number of rotatable bonds is 5. The molecule has 130 valence electrons. The van der Waals surface area contributed by atoms with E-state index >= 15 is 0 Å². The zero-order chi connectivity index (χ0) is 17.8. The normalized spacial score (nSPS) is 16.8. The van der Waals surface area contributed by atoms with Crippen LogP contribution in [0.5, 0.6) is 5.75 Å². The Labute approximate surface area is 155 Å². The van der Waals surface area contributed by atoms with Gasteiger partial charge in [0.2, 0.25) is 5.91 Å². The standard InChI is InChI=1S/C19H19BrN2O3/c1-2-25-17-9-7-16(8-10-17)22-12-15(11-18(22)23)21-19(24)13-3-5-14(20)6-4-13/h3-10,15H,2,11-12H2,1H3,(H,21,24)/t15-/m0/s1. The summed E-state index contributed by atoms with van der Waals surface area (Å²) >= 11 is 3.35. The summed E-state index contributed by atoms with van der Waals surface area (Å²) in [7, 11) is 0. The van der Waals surface area contributed by atoms with Gasteiger partial charge in [0.15, 0.2) is 0 Å². The van der Waals surface area contributed by atoms with Crippen LogP contribution in [-0.4, -0.2) is 31.0 Å². The maximum absolute atomic E-state index is 12.3. The highest BCUT2D eigenvalue weighted by atomic mass is 79.9. The van der Waals surface area contributed by atoms with Gasteiger partial charge >= 0.3 is 0 Å². The quantitative estimate of drug-likeness (QED) is 0.833. The molecule has 1 aliphatic heterocycles. The molecule has 1 atom stereocenters. The van der Waals surface area contributed by atoms with E-state index in [-0.39, 0.29) is 17.9 Å². The van der Waals surface area contributed by atoms with E-state index in [0.717, 1.165) is 15.9 Å². The van der Waals surface area contributed by atoms with Crippen LogP contribution < -0.4 is 15.0 Å². The van der Waals surface area contributed by atoms with Gasteiger partial charge in [-0.3, -0.25) is 9.59 Å². The first kappa shape index (κ1) is 17.5. The number of hydrogen-bond acceptors (Lipinski definition) is 3. The largest absolute Gasteiger partial charge is 0.494 e. The summed E-state index contributed by atoms with van der Waals surface area (Å²) in [5.74, 6) is 0.613. The SMILES string of the molecule is CCOc1ccc(N2C[C@@H](NC(=O)c3ccc(Br)cc3)CC2=O)cc1. The van der Waals surface area contributed by atoms with Crippen LogP contribution in [-0.2, 0) is 4.79 Å². The molecule has 0 unspecified atom stereocenters. The minimum atomic E-state index is -0.199. The van der Waals surface area contributed by atoms with Crippen molar-refractivity contribution in [3.63, 3.8) is 0 Å². The first-order valence-electron chi connectivity index (χ1n) is 8.16. The average molecular weight is 403 g/mol. The lowest BCUT2D eigenvalue weighted by atomic mass is 10.2. The first-order valence-corrected chi connectivity index (χ1v) is 8.96. The molecule has 1 fully saturated rings. The van der Waals surface area contributed by atoms with Crippen LogP contribution in [0.4, 0.5) is 5.69 Å². The zero-order valence-electron chi connectivity index (χ0n) is 13.9. The van der Waals surface area contributed by atoms with Crippen LogP contribution >= 0.6 is 15.9 Å². The minimum Gasteiger partial charge on any atom is -0.494 e. The second kappa shape index (κ2) is 7.70. The van der Waals surface area contributed by atoms with Gasteiger partial charge in [-0.05, 0) is 55.5 Å². The highest BCUT2D eigenvalue weighted by molar-refractivity contribution is 9.10. The molecule has 1 N–H and O–H groups in total. The molecule has 0 bridgehead atoms. The van der Waals surface area contributed by atoms with Crippen LogP contribution in [0.2, 0.25) is 0 Å². The highest BCUT2D eigenvalue weighted by Gasteiger charge is 2.31. The molecule has 0 spiro atoms. The molecule has 1 heterocycles. The summed E-state index contributed by atoms with van der Waals surface area (Å²) in [6, 6.07) is 14.4. The second-order valence-corrected chi connectivity index (χ2v) is 6.73. The molecule has 25 heavy (non-hydrogen) atoms. The van der Waals surface area contributed by atoms with Crippen molar-refractivity contribution in [2.24, 2.45) is 0 Å². The van der Waals surface area contributed by atoms with Crippen molar-refractivity contribution in [1.82, 2.24) is 5.32 Å². The van der Waals surface area contributed by atoms with Gasteiger partial charge in [0, 0.05) is 28.7 Å². The summed E-state index contributed by atoms with van der Waals surface area (Å²) in [5, 5.41) is 2.94. The number of benzene rings is 2. The monoisotopic (exact) mass is 402 g/mol. The Bertz CT molecular complexity index is 759. The molecule has 0 saturated carbocycles. The molecule has 0 aromatic heterocycles. The van der Waals surface area contributed by atoms with Crippen molar-refractivity contribution in [2.45, 2.75) is 19.4 Å². The van der Waals surface area contributed by atoms with Crippen molar-refractivity contribution in [2.75, 3.05) is 18.1 Å². The Morgan fingerprint density at radius 3 is 2.52 bits per heavy atom. The van der Waals surface area contributed by atoms with Crippen LogP contribution in [0.15, 0.2) is 53.0 Å². The van der Waals surface area contributed by atoms with E-state index in [9.17, 15) is 9.59 Å². The Hall–Kier alpha value is -2.34. The predicted molar refractivity (Wildman–Crippen MR) is 100.0 cm³/mol. The molecule has 2 aromatic rings.